The number of ketones is 1. The van der Waals surface area contributed by atoms with Crippen LogP contribution in [0.5, 0.6) is 0 Å². The first-order valence-corrected chi connectivity index (χ1v) is 7.85. The van der Waals surface area contributed by atoms with Crippen LogP contribution in [-0.2, 0) is 17.6 Å². The Hall–Kier alpha value is -1.41. The van der Waals surface area contributed by atoms with Gasteiger partial charge in [0.15, 0.2) is 0 Å². The van der Waals surface area contributed by atoms with E-state index in [1.165, 1.54) is 16.0 Å². The zero-order valence-electron chi connectivity index (χ0n) is 11.0. The Morgan fingerprint density at radius 3 is 2.95 bits per heavy atom. The molecule has 0 aliphatic heterocycles. The minimum atomic E-state index is 0.143. The Morgan fingerprint density at radius 2 is 2.11 bits per heavy atom. The number of hydrogen-bond acceptors (Lipinski definition) is 2. The SMILES string of the molecule is O=C(CCc1cccs1)C1CCCc2ccccc21. The fourth-order valence-electron chi connectivity index (χ4n) is 2.96. The van der Waals surface area contributed by atoms with Crippen molar-refractivity contribution in [3.05, 3.63) is 57.8 Å². The fourth-order valence-corrected chi connectivity index (χ4v) is 3.67. The standard InChI is InChI=1S/C17H18OS/c18-17(11-10-14-7-4-12-19-14)16-9-3-6-13-5-1-2-8-15(13)16/h1-2,4-5,7-8,12,16H,3,6,9-11H2. The molecule has 1 atom stereocenters. The average Bonchev–Trinajstić information content (AvgIpc) is 2.97. The first-order valence-electron chi connectivity index (χ1n) is 6.97. The zero-order chi connectivity index (χ0) is 13.1. The van der Waals surface area contributed by atoms with Gasteiger partial charge in [-0.1, -0.05) is 30.3 Å². The summed E-state index contributed by atoms with van der Waals surface area (Å²) in [6, 6.07) is 12.6. The number of thiophene rings is 1. The molecule has 1 heterocycles. The number of benzene rings is 1. The van der Waals surface area contributed by atoms with Crippen LogP contribution in [0.4, 0.5) is 0 Å². The van der Waals surface area contributed by atoms with E-state index in [9.17, 15) is 4.79 Å². The molecule has 1 aromatic carbocycles. The van der Waals surface area contributed by atoms with E-state index in [1.807, 2.05) is 0 Å². The number of fused-ring (bicyclic) bond motifs is 1. The van der Waals surface area contributed by atoms with Gasteiger partial charge in [-0.15, -0.1) is 11.3 Å². The molecule has 2 aromatic rings. The molecule has 1 aromatic heterocycles. The van der Waals surface area contributed by atoms with E-state index in [-0.39, 0.29) is 5.92 Å². The predicted octanol–water partition coefficient (Wildman–Crippen LogP) is 4.37. The van der Waals surface area contributed by atoms with Gasteiger partial charge in [0.25, 0.3) is 0 Å². The number of aryl methyl sites for hydroxylation is 2. The first kappa shape index (κ1) is 12.6. The molecule has 0 N–H and O–H groups in total. The quantitative estimate of drug-likeness (QED) is 0.806. The molecule has 1 aliphatic carbocycles. The Bertz CT molecular complexity index is 556. The Kier molecular flexibility index (Phi) is 3.79. The second-order valence-corrected chi connectivity index (χ2v) is 6.22. The highest BCUT2D eigenvalue weighted by Crippen LogP contribution is 2.33. The Balaban J connectivity index is 1.71. The summed E-state index contributed by atoms with van der Waals surface area (Å²) in [6.07, 6.45) is 4.88. The summed E-state index contributed by atoms with van der Waals surface area (Å²) in [4.78, 5) is 13.8. The van der Waals surface area contributed by atoms with Crippen molar-refractivity contribution in [1.82, 2.24) is 0 Å². The topological polar surface area (TPSA) is 17.1 Å². The molecule has 0 bridgehead atoms. The third-order valence-corrected chi connectivity index (χ3v) is 4.89. The summed E-state index contributed by atoms with van der Waals surface area (Å²) < 4.78 is 0. The maximum absolute atomic E-state index is 12.5. The fraction of sp³-hybridized carbons (Fsp3) is 0.353. The predicted molar refractivity (Wildman–Crippen MR) is 79.8 cm³/mol. The van der Waals surface area contributed by atoms with E-state index in [2.05, 4.69) is 41.8 Å². The van der Waals surface area contributed by atoms with Crippen molar-refractivity contribution >= 4 is 17.1 Å². The second-order valence-electron chi connectivity index (χ2n) is 5.19. The van der Waals surface area contributed by atoms with E-state index in [0.717, 1.165) is 25.7 Å². The largest absolute Gasteiger partial charge is 0.299 e. The second kappa shape index (κ2) is 5.70. The zero-order valence-corrected chi connectivity index (χ0v) is 11.8. The number of carbonyl (C=O) groups excluding carboxylic acids is 1. The van der Waals surface area contributed by atoms with Gasteiger partial charge in [-0.2, -0.15) is 0 Å². The van der Waals surface area contributed by atoms with Crippen LogP contribution >= 0.6 is 11.3 Å². The minimum absolute atomic E-state index is 0.143. The highest BCUT2D eigenvalue weighted by molar-refractivity contribution is 7.09. The van der Waals surface area contributed by atoms with Gasteiger partial charge in [0.2, 0.25) is 0 Å². The summed E-state index contributed by atoms with van der Waals surface area (Å²) in [6.45, 7) is 0. The van der Waals surface area contributed by atoms with Gasteiger partial charge in [-0.05, 0) is 48.3 Å². The molecule has 1 nitrogen and oxygen atoms in total. The molecule has 0 fully saturated rings. The van der Waals surface area contributed by atoms with Crippen LogP contribution in [0, 0.1) is 0 Å². The van der Waals surface area contributed by atoms with Gasteiger partial charge < -0.3 is 0 Å². The van der Waals surface area contributed by atoms with E-state index < -0.39 is 0 Å². The number of hydrogen-bond donors (Lipinski definition) is 0. The molecule has 1 aliphatic rings. The minimum Gasteiger partial charge on any atom is -0.299 e. The van der Waals surface area contributed by atoms with Crippen molar-refractivity contribution in [3.8, 4) is 0 Å². The lowest BCUT2D eigenvalue weighted by Crippen LogP contribution is -2.18. The maximum atomic E-state index is 12.5. The molecule has 1 unspecified atom stereocenters. The van der Waals surface area contributed by atoms with Crippen LogP contribution in [-0.4, -0.2) is 5.78 Å². The smallest absolute Gasteiger partial charge is 0.140 e. The van der Waals surface area contributed by atoms with Crippen LogP contribution in [0.2, 0.25) is 0 Å². The lowest BCUT2D eigenvalue weighted by Gasteiger charge is -2.24. The third kappa shape index (κ3) is 2.79. The summed E-state index contributed by atoms with van der Waals surface area (Å²) in [7, 11) is 0. The first-order chi connectivity index (χ1) is 9.34. The molecule has 0 saturated carbocycles. The normalized spacial score (nSPS) is 18.0. The lowest BCUT2D eigenvalue weighted by molar-refractivity contribution is -0.120. The van der Waals surface area contributed by atoms with Crippen LogP contribution < -0.4 is 0 Å². The highest BCUT2D eigenvalue weighted by atomic mass is 32.1. The van der Waals surface area contributed by atoms with Crippen molar-refractivity contribution in [3.63, 3.8) is 0 Å². The molecule has 0 spiro atoms. The molecular formula is C17H18OS. The lowest BCUT2D eigenvalue weighted by atomic mass is 9.79. The third-order valence-electron chi connectivity index (χ3n) is 3.96. The number of rotatable bonds is 4. The van der Waals surface area contributed by atoms with E-state index >= 15 is 0 Å². The summed E-state index contributed by atoms with van der Waals surface area (Å²) in [5.41, 5.74) is 2.66. The number of carbonyl (C=O) groups is 1. The van der Waals surface area contributed by atoms with Gasteiger partial charge in [0.1, 0.15) is 5.78 Å². The summed E-state index contributed by atoms with van der Waals surface area (Å²) in [5.74, 6) is 0.561. The van der Waals surface area contributed by atoms with Crippen LogP contribution in [0.3, 0.4) is 0 Å². The van der Waals surface area contributed by atoms with E-state index in [4.69, 9.17) is 0 Å². The van der Waals surface area contributed by atoms with Crippen molar-refractivity contribution in [1.29, 1.82) is 0 Å². The molecule has 0 amide bonds. The van der Waals surface area contributed by atoms with Gasteiger partial charge in [-0.3, -0.25) is 4.79 Å². The van der Waals surface area contributed by atoms with Gasteiger partial charge in [0, 0.05) is 17.2 Å². The highest BCUT2D eigenvalue weighted by Gasteiger charge is 2.25. The Labute approximate surface area is 118 Å². The average molecular weight is 270 g/mol. The van der Waals surface area contributed by atoms with Gasteiger partial charge >= 0.3 is 0 Å². The molecule has 2 heteroatoms. The van der Waals surface area contributed by atoms with Crippen LogP contribution in [0.25, 0.3) is 0 Å². The summed E-state index contributed by atoms with van der Waals surface area (Å²) >= 11 is 1.74. The molecule has 0 radical (unpaired) electrons. The molecule has 0 saturated heterocycles. The van der Waals surface area contributed by atoms with E-state index in [0.29, 0.717) is 12.2 Å². The van der Waals surface area contributed by atoms with Gasteiger partial charge in [0.05, 0.1) is 0 Å². The molecule has 3 rings (SSSR count). The van der Waals surface area contributed by atoms with Gasteiger partial charge in [-0.25, -0.2) is 0 Å². The van der Waals surface area contributed by atoms with Crippen molar-refractivity contribution in [2.75, 3.05) is 0 Å². The summed E-state index contributed by atoms with van der Waals surface area (Å²) in [5, 5.41) is 2.08. The molecule has 98 valence electrons. The number of Topliss-reactive ketones (excluding diaryl/α,β-unsaturated/α-hetero) is 1. The van der Waals surface area contributed by atoms with E-state index in [1.54, 1.807) is 11.3 Å². The van der Waals surface area contributed by atoms with Crippen LogP contribution in [0.15, 0.2) is 41.8 Å². The Morgan fingerprint density at radius 1 is 1.21 bits per heavy atom. The van der Waals surface area contributed by atoms with Crippen molar-refractivity contribution in [2.24, 2.45) is 0 Å². The molecule has 19 heavy (non-hydrogen) atoms. The van der Waals surface area contributed by atoms with Crippen molar-refractivity contribution < 1.29 is 4.79 Å². The molecular weight excluding hydrogens is 252 g/mol. The van der Waals surface area contributed by atoms with Crippen LogP contribution in [0.1, 0.15) is 41.2 Å². The maximum Gasteiger partial charge on any atom is 0.140 e. The van der Waals surface area contributed by atoms with Crippen molar-refractivity contribution in [2.45, 2.75) is 38.0 Å². The monoisotopic (exact) mass is 270 g/mol.